The quantitative estimate of drug-likeness (QED) is 0.528. The van der Waals surface area contributed by atoms with E-state index in [-0.39, 0.29) is 21.8 Å². The summed E-state index contributed by atoms with van der Waals surface area (Å²) >= 11 is 0. The number of esters is 1. The molecule has 4 rings (SSSR count). The van der Waals surface area contributed by atoms with Crippen LogP contribution in [0.5, 0.6) is 5.75 Å². The first-order valence-electron chi connectivity index (χ1n) is 10.8. The van der Waals surface area contributed by atoms with E-state index in [1.54, 1.807) is 24.3 Å². The number of nitrogens with zero attached hydrogens (tertiary/aromatic N) is 2. The summed E-state index contributed by atoms with van der Waals surface area (Å²) in [4.78, 5) is 25.9. The molecule has 8 nitrogen and oxygen atoms in total. The number of hydrogen-bond donors (Lipinski definition) is 0. The number of carbonyl (C=O) groups is 2. The van der Waals surface area contributed by atoms with Crippen molar-refractivity contribution in [3.63, 3.8) is 0 Å². The molecule has 0 bridgehead atoms. The van der Waals surface area contributed by atoms with Crippen molar-refractivity contribution in [1.82, 2.24) is 8.87 Å². The van der Waals surface area contributed by atoms with Crippen LogP contribution in [0.15, 0.2) is 53.6 Å². The molecule has 3 aromatic rings. The van der Waals surface area contributed by atoms with Gasteiger partial charge in [-0.25, -0.2) is 13.2 Å². The standard InChI is InChI=1S/C24H26N2O6S/c1-31-22-12-11-17(33(29,30)25-13-7-3-4-8-14-25)15-19(22)23(27)26-16-20(24(28)32-2)18-9-5-6-10-21(18)26/h5-6,9-12,15-16H,3-4,7-8,13-14H2,1-2H3. The van der Waals surface area contributed by atoms with Gasteiger partial charge >= 0.3 is 5.97 Å². The lowest BCUT2D eigenvalue weighted by molar-refractivity contribution is 0.0603. The maximum absolute atomic E-state index is 13.6. The van der Waals surface area contributed by atoms with Gasteiger partial charge in [-0.2, -0.15) is 4.31 Å². The van der Waals surface area contributed by atoms with Crippen LogP contribution in [0.4, 0.5) is 0 Å². The molecule has 0 N–H and O–H groups in total. The van der Waals surface area contributed by atoms with E-state index in [0.29, 0.717) is 24.0 Å². The summed E-state index contributed by atoms with van der Waals surface area (Å²) in [5.41, 5.74) is 0.838. The van der Waals surface area contributed by atoms with E-state index >= 15 is 0 Å². The number of para-hydroxylation sites is 1. The van der Waals surface area contributed by atoms with E-state index < -0.39 is 21.9 Å². The Bertz CT molecular complexity index is 1300. The van der Waals surface area contributed by atoms with Crippen LogP contribution < -0.4 is 4.74 Å². The molecule has 0 radical (unpaired) electrons. The topological polar surface area (TPSA) is 94.9 Å². The van der Waals surface area contributed by atoms with Crippen LogP contribution in [0.25, 0.3) is 10.9 Å². The van der Waals surface area contributed by atoms with Crippen LogP contribution in [-0.4, -0.2) is 56.5 Å². The molecule has 174 valence electrons. The summed E-state index contributed by atoms with van der Waals surface area (Å²) in [5, 5.41) is 0.560. The lowest BCUT2D eigenvalue weighted by Gasteiger charge is -2.20. The zero-order chi connectivity index (χ0) is 23.6. The van der Waals surface area contributed by atoms with Gasteiger partial charge in [-0.05, 0) is 37.1 Å². The predicted octanol–water partition coefficient (Wildman–Crippen LogP) is 3.69. The second-order valence-corrected chi connectivity index (χ2v) is 9.84. The number of methoxy groups -OCH3 is 2. The molecule has 33 heavy (non-hydrogen) atoms. The zero-order valence-electron chi connectivity index (χ0n) is 18.6. The van der Waals surface area contributed by atoms with Crippen molar-refractivity contribution in [3.05, 3.63) is 59.8 Å². The van der Waals surface area contributed by atoms with Gasteiger partial charge in [0.1, 0.15) is 5.75 Å². The highest BCUT2D eigenvalue weighted by atomic mass is 32.2. The Hall–Kier alpha value is -3.17. The molecule has 1 aromatic heterocycles. The molecule has 0 aliphatic carbocycles. The van der Waals surface area contributed by atoms with E-state index in [9.17, 15) is 18.0 Å². The predicted molar refractivity (Wildman–Crippen MR) is 123 cm³/mol. The highest BCUT2D eigenvalue weighted by Crippen LogP contribution is 2.29. The molecule has 2 aromatic carbocycles. The fourth-order valence-electron chi connectivity index (χ4n) is 4.20. The summed E-state index contributed by atoms with van der Waals surface area (Å²) in [6, 6.07) is 11.3. The molecule has 1 fully saturated rings. The van der Waals surface area contributed by atoms with Gasteiger partial charge in [-0.1, -0.05) is 31.0 Å². The lowest BCUT2D eigenvalue weighted by Crippen LogP contribution is -2.32. The molecule has 9 heteroatoms. The third-order valence-electron chi connectivity index (χ3n) is 5.94. The largest absolute Gasteiger partial charge is 0.496 e. The van der Waals surface area contributed by atoms with Gasteiger partial charge in [-0.15, -0.1) is 0 Å². The maximum atomic E-state index is 13.6. The SMILES string of the molecule is COC(=O)c1cn(C(=O)c2cc(S(=O)(=O)N3CCCCCC3)ccc2OC)c2ccccc12. The molecular weight excluding hydrogens is 444 g/mol. The Balaban J connectivity index is 1.81. The van der Waals surface area contributed by atoms with Crippen LogP contribution in [0.1, 0.15) is 46.4 Å². The molecular formula is C24H26N2O6S. The van der Waals surface area contributed by atoms with Gasteiger partial charge in [0.05, 0.1) is 35.8 Å². The van der Waals surface area contributed by atoms with Crippen molar-refractivity contribution in [2.75, 3.05) is 27.3 Å². The first-order chi connectivity index (χ1) is 15.9. The summed E-state index contributed by atoms with van der Waals surface area (Å²) in [5.74, 6) is -0.833. The fourth-order valence-corrected chi connectivity index (χ4v) is 5.74. The van der Waals surface area contributed by atoms with Crippen molar-refractivity contribution in [2.24, 2.45) is 0 Å². The number of aromatic nitrogens is 1. The third-order valence-corrected chi connectivity index (χ3v) is 7.83. The van der Waals surface area contributed by atoms with E-state index in [1.807, 2.05) is 0 Å². The van der Waals surface area contributed by atoms with Crippen LogP contribution in [0.3, 0.4) is 0 Å². The molecule has 0 unspecified atom stereocenters. The Morgan fingerprint density at radius 1 is 0.909 bits per heavy atom. The molecule has 1 saturated heterocycles. The second-order valence-electron chi connectivity index (χ2n) is 7.91. The van der Waals surface area contributed by atoms with E-state index in [1.165, 1.54) is 47.5 Å². The highest BCUT2D eigenvalue weighted by molar-refractivity contribution is 7.89. The van der Waals surface area contributed by atoms with Gasteiger partial charge in [-0.3, -0.25) is 9.36 Å². The van der Waals surface area contributed by atoms with Crippen LogP contribution >= 0.6 is 0 Å². The van der Waals surface area contributed by atoms with Crippen molar-refractivity contribution in [1.29, 1.82) is 0 Å². The normalized spacial score (nSPS) is 15.2. The van der Waals surface area contributed by atoms with Crippen molar-refractivity contribution >= 4 is 32.8 Å². The maximum Gasteiger partial charge on any atom is 0.340 e. The summed E-state index contributed by atoms with van der Waals surface area (Å²) in [6.07, 6.45) is 5.04. The molecule has 0 spiro atoms. The van der Waals surface area contributed by atoms with Crippen molar-refractivity contribution in [2.45, 2.75) is 30.6 Å². The average molecular weight is 471 g/mol. The minimum absolute atomic E-state index is 0.0400. The van der Waals surface area contributed by atoms with Crippen molar-refractivity contribution in [3.8, 4) is 5.75 Å². The smallest absolute Gasteiger partial charge is 0.340 e. The fraction of sp³-hybridized carbons (Fsp3) is 0.333. The third kappa shape index (κ3) is 4.26. The van der Waals surface area contributed by atoms with Crippen LogP contribution in [0.2, 0.25) is 0 Å². The van der Waals surface area contributed by atoms with Crippen LogP contribution in [0, 0.1) is 0 Å². The number of ether oxygens (including phenoxy) is 2. The Morgan fingerprint density at radius 2 is 1.61 bits per heavy atom. The van der Waals surface area contributed by atoms with Gasteiger partial charge in [0, 0.05) is 24.7 Å². The first kappa shape index (κ1) is 23.0. The molecule has 1 aliphatic heterocycles. The first-order valence-corrected chi connectivity index (χ1v) is 12.2. The Morgan fingerprint density at radius 3 is 2.27 bits per heavy atom. The van der Waals surface area contributed by atoms with E-state index in [4.69, 9.17) is 9.47 Å². The monoisotopic (exact) mass is 470 g/mol. The minimum atomic E-state index is -3.76. The summed E-state index contributed by atoms with van der Waals surface area (Å²) in [7, 11) is -1.07. The zero-order valence-corrected chi connectivity index (χ0v) is 19.4. The van der Waals surface area contributed by atoms with E-state index in [2.05, 4.69) is 0 Å². The molecule has 2 heterocycles. The Labute approximate surface area is 192 Å². The average Bonchev–Trinajstić information content (AvgIpc) is 3.01. The number of benzene rings is 2. The highest BCUT2D eigenvalue weighted by Gasteiger charge is 2.28. The molecule has 0 amide bonds. The molecule has 0 atom stereocenters. The number of rotatable bonds is 5. The number of fused-ring (bicyclic) bond motifs is 1. The number of carbonyl (C=O) groups excluding carboxylic acids is 2. The molecule has 0 saturated carbocycles. The minimum Gasteiger partial charge on any atom is -0.496 e. The molecule has 1 aliphatic rings. The van der Waals surface area contributed by atoms with Gasteiger partial charge < -0.3 is 9.47 Å². The van der Waals surface area contributed by atoms with Gasteiger partial charge in [0.15, 0.2) is 0 Å². The van der Waals surface area contributed by atoms with E-state index in [0.717, 1.165) is 25.7 Å². The van der Waals surface area contributed by atoms with Crippen molar-refractivity contribution < 1.29 is 27.5 Å². The number of hydrogen-bond acceptors (Lipinski definition) is 6. The summed E-state index contributed by atoms with van der Waals surface area (Å²) in [6.45, 7) is 0.921. The van der Waals surface area contributed by atoms with Gasteiger partial charge in [0.2, 0.25) is 10.0 Å². The Kier molecular flexibility index (Phi) is 6.53. The number of sulfonamides is 1. The van der Waals surface area contributed by atoms with Crippen LogP contribution in [-0.2, 0) is 14.8 Å². The summed E-state index contributed by atoms with van der Waals surface area (Å²) < 4.78 is 39.6. The lowest BCUT2D eigenvalue weighted by atomic mass is 10.1. The van der Waals surface area contributed by atoms with Gasteiger partial charge in [0.25, 0.3) is 5.91 Å². The second kappa shape index (κ2) is 9.36.